The quantitative estimate of drug-likeness (QED) is 0.521. The van der Waals surface area contributed by atoms with E-state index >= 15 is 0 Å². The molecule has 2 N–H and O–H groups in total. The molecule has 1 aliphatic heterocycles. The van der Waals surface area contributed by atoms with E-state index in [2.05, 4.69) is 0 Å². The van der Waals surface area contributed by atoms with E-state index in [-0.39, 0.29) is 11.5 Å². The maximum Gasteiger partial charge on any atom is 0.387 e. The molecular formula is C24H23F2NO6S. The Bertz CT molecular complexity index is 1340. The van der Waals surface area contributed by atoms with Crippen molar-refractivity contribution in [2.24, 2.45) is 5.14 Å². The number of methoxy groups -OCH3 is 2. The molecule has 10 heteroatoms. The van der Waals surface area contributed by atoms with Crippen LogP contribution in [0.2, 0.25) is 0 Å². The molecule has 34 heavy (non-hydrogen) atoms. The first-order chi connectivity index (χ1) is 16.1. The lowest BCUT2D eigenvalue weighted by atomic mass is 9.87. The van der Waals surface area contributed by atoms with Crippen LogP contribution in [0, 0.1) is 6.92 Å². The molecule has 0 bridgehead atoms. The first kappa shape index (κ1) is 23.8. The summed E-state index contributed by atoms with van der Waals surface area (Å²) >= 11 is 0. The van der Waals surface area contributed by atoms with Crippen LogP contribution in [-0.4, -0.2) is 29.2 Å². The highest BCUT2D eigenvalue weighted by Gasteiger charge is 2.32. The Kier molecular flexibility index (Phi) is 6.37. The highest BCUT2D eigenvalue weighted by atomic mass is 32.2. The summed E-state index contributed by atoms with van der Waals surface area (Å²) in [6, 6.07) is 13.4. The van der Waals surface area contributed by atoms with Crippen molar-refractivity contribution in [3.8, 4) is 34.1 Å². The van der Waals surface area contributed by atoms with E-state index in [0.29, 0.717) is 50.6 Å². The number of primary sulfonamides is 1. The van der Waals surface area contributed by atoms with E-state index in [1.165, 1.54) is 20.3 Å². The molecule has 1 unspecified atom stereocenters. The Hall–Kier alpha value is -3.37. The van der Waals surface area contributed by atoms with Gasteiger partial charge in [0.2, 0.25) is 10.0 Å². The summed E-state index contributed by atoms with van der Waals surface area (Å²) in [5, 5.41) is 5.24. The largest absolute Gasteiger partial charge is 0.493 e. The number of benzene rings is 3. The van der Waals surface area contributed by atoms with Gasteiger partial charge >= 0.3 is 6.61 Å². The smallest absolute Gasteiger partial charge is 0.387 e. The summed E-state index contributed by atoms with van der Waals surface area (Å²) in [6.45, 7) is -1.28. The molecule has 0 spiro atoms. The third-order valence-corrected chi connectivity index (χ3v) is 6.15. The Morgan fingerprint density at radius 1 is 1.00 bits per heavy atom. The number of fused-ring (bicyclic) bond motifs is 3. The maximum absolute atomic E-state index is 13.2. The third kappa shape index (κ3) is 4.78. The van der Waals surface area contributed by atoms with Gasteiger partial charge in [-0.05, 0) is 47.9 Å². The van der Waals surface area contributed by atoms with E-state index in [1.807, 2.05) is 0 Å². The van der Waals surface area contributed by atoms with Gasteiger partial charge in [-0.1, -0.05) is 24.3 Å². The highest BCUT2D eigenvalue weighted by Crippen LogP contribution is 2.50. The topological polar surface area (TPSA) is 97.1 Å². The van der Waals surface area contributed by atoms with E-state index < -0.39 is 22.7 Å². The summed E-state index contributed by atoms with van der Waals surface area (Å²) in [7, 11) is -0.768. The van der Waals surface area contributed by atoms with Crippen molar-refractivity contribution in [2.45, 2.75) is 25.4 Å². The predicted octanol–water partition coefficient (Wildman–Crippen LogP) is 4.55. The van der Waals surface area contributed by atoms with Gasteiger partial charge in [-0.3, -0.25) is 0 Å². The van der Waals surface area contributed by atoms with Crippen LogP contribution < -0.4 is 24.1 Å². The van der Waals surface area contributed by atoms with E-state index in [1.54, 1.807) is 49.4 Å². The van der Waals surface area contributed by atoms with E-state index in [9.17, 15) is 17.2 Å². The van der Waals surface area contributed by atoms with Crippen molar-refractivity contribution in [1.82, 2.24) is 0 Å². The second kappa shape index (κ2) is 9.11. The standard InChI is InChI=1S/C24H23F2NO6S/c1-13-8-20-22(21(9-13)33-24(25)26)16-6-4-14(12-34(27,28)29)10-17(16)23(32-20)15-5-7-18(30-2)19(11-15)31-3/h4-11,23-24H,12H2,1-3H3,(H2,27,28,29). The van der Waals surface area contributed by atoms with Crippen LogP contribution in [0.1, 0.15) is 28.4 Å². The molecule has 0 aromatic heterocycles. The predicted molar refractivity (Wildman–Crippen MR) is 122 cm³/mol. The molecule has 0 fully saturated rings. The molecule has 3 aromatic rings. The van der Waals surface area contributed by atoms with Crippen molar-refractivity contribution in [1.29, 1.82) is 0 Å². The molecule has 7 nitrogen and oxygen atoms in total. The fraction of sp³-hybridized carbons (Fsp3) is 0.250. The minimum Gasteiger partial charge on any atom is -0.493 e. The lowest BCUT2D eigenvalue weighted by Gasteiger charge is -2.31. The van der Waals surface area contributed by atoms with Crippen LogP contribution in [0.5, 0.6) is 23.0 Å². The van der Waals surface area contributed by atoms with Gasteiger partial charge in [-0.25, -0.2) is 13.6 Å². The van der Waals surface area contributed by atoms with Crippen molar-refractivity contribution in [3.05, 3.63) is 70.8 Å². The Balaban J connectivity index is 1.94. The average Bonchev–Trinajstić information content (AvgIpc) is 2.76. The molecule has 0 amide bonds. The van der Waals surface area contributed by atoms with Crippen LogP contribution >= 0.6 is 0 Å². The molecule has 0 saturated carbocycles. The van der Waals surface area contributed by atoms with E-state index in [0.717, 1.165) is 0 Å². The van der Waals surface area contributed by atoms with Crippen LogP contribution in [0.25, 0.3) is 11.1 Å². The van der Waals surface area contributed by atoms with Gasteiger partial charge in [-0.2, -0.15) is 8.78 Å². The normalized spacial score (nSPS) is 14.7. The highest BCUT2D eigenvalue weighted by molar-refractivity contribution is 7.88. The van der Waals surface area contributed by atoms with Crippen molar-refractivity contribution < 1.29 is 36.1 Å². The average molecular weight is 492 g/mol. The van der Waals surface area contributed by atoms with Crippen molar-refractivity contribution in [2.75, 3.05) is 14.2 Å². The molecule has 0 radical (unpaired) electrons. The molecule has 0 aliphatic carbocycles. The fourth-order valence-corrected chi connectivity index (χ4v) is 4.75. The molecule has 3 aromatic carbocycles. The van der Waals surface area contributed by atoms with Gasteiger partial charge in [0.1, 0.15) is 17.6 Å². The zero-order valence-corrected chi connectivity index (χ0v) is 19.5. The monoisotopic (exact) mass is 491 g/mol. The van der Waals surface area contributed by atoms with Crippen LogP contribution in [0.4, 0.5) is 8.78 Å². The third-order valence-electron chi connectivity index (χ3n) is 5.42. The first-order valence-electron chi connectivity index (χ1n) is 10.2. The fourth-order valence-electron chi connectivity index (χ4n) is 4.10. The lowest BCUT2D eigenvalue weighted by Crippen LogP contribution is -2.19. The second-order valence-electron chi connectivity index (χ2n) is 7.86. The van der Waals surface area contributed by atoms with Gasteiger partial charge in [0.05, 0.1) is 25.5 Å². The van der Waals surface area contributed by atoms with Crippen molar-refractivity contribution >= 4 is 10.0 Å². The minimum absolute atomic E-state index is 0.0313. The zero-order chi connectivity index (χ0) is 24.6. The summed E-state index contributed by atoms with van der Waals surface area (Å²) in [6.07, 6.45) is -0.691. The van der Waals surface area contributed by atoms with Crippen LogP contribution in [0.15, 0.2) is 48.5 Å². The number of halogens is 2. The Morgan fingerprint density at radius 3 is 2.38 bits per heavy atom. The second-order valence-corrected chi connectivity index (χ2v) is 9.47. The van der Waals surface area contributed by atoms with Crippen LogP contribution in [-0.2, 0) is 15.8 Å². The molecular weight excluding hydrogens is 468 g/mol. The number of aryl methyl sites for hydroxylation is 1. The summed E-state index contributed by atoms with van der Waals surface area (Å²) in [5.41, 5.74) is 3.31. The van der Waals surface area contributed by atoms with E-state index in [4.69, 9.17) is 24.1 Å². The SMILES string of the molecule is COc1ccc(C2Oc3cc(C)cc(OC(F)F)c3-c3ccc(CS(N)(=O)=O)cc32)cc1OC. The number of hydrogen-bond donors (Lipinski definition) is 1. The van der Waals surface area contributed by atoms with Gasteiger partial charge in [0.15, 0.2) is 11.5 Å². The lowest BCUT2D eigenvalue weighted by molar-refractivity contribution is -0.0496. The maximum atomic E-state index is 13.2. The van der Waals surface area contributed by atoms with Crippen LogP contribution in [0.3, 0.4) is 0 Å². The Morgan fingerprint density at radius 2 is 1.74 bits per heavy atom. The van der Waals surface area contributed by atoms with Gasteiger partial charge in [-0.15, -0.1) is 0 Å². The molecule has 1 aliphatic rings. The number of alkyl halides is 2. The summed E-state index contributed by atoms with van der Waals surface area (Å²) in [4.78, 5) is 0. The van der Waals surface area contributed by atoms with Gasteiger partial charge in [0, 0.05) is 11.1 Å². The van der Waals surface area contributed by atoms with Gasteiger partial charge in [0.25, 0.3) is 0 Å². The molecule has 180 valence electrons. The molecule has 4 rings (SSSR count). The minimum atomic E-state index is -3.80. The van der Waals surface area contributed by atoms with Gasteiger partial charge < -0.3 is 18.9 Å². The number of sulfonamides is 1. The van der Waals surface area contributed by atoms with Crippen molar-refractivity contribution in [3.63, 3.8) is 0 Å². The number of nitrogens with two attached hydrogens (primary N) is 1. The first-order valence-corrected chi connectivity index (χ1v) is 11.9. The molecule has 0 saturated heterocycles. The summed E-state index contributed by atoms with van der Waals surface area (Å²) in [5.74, 6) is 0.940. The Labute approximate surface area is 196 Å². The summed E-state index contributed by atoms with van der Waals surface area (Å²) < 4.78 is 71.6. The molecule has 1 atom stereocenters. The molecule has 1 heterocycles. The zero-order valence-electron chi connectivity index (χ0n) is 18.7. The number of hydrogen-bond acceptors (Lipinski definition) is 6. The number of rotatable bonds is 7. The number of ether oxygens (including phenoxy) is 4.